The molecule has 0 aliphatic rings. The van der Waals surface area contributed by atoms with E-state index in [2.05, 4.69) is 15.1 Å². The van der Waals surface area contributed by atoms with Gasteiger partial charge in [-0.25, -0.2) is 9.67 Å². The highest BCUT2D eigenvalue weighted by atomic mass is 19.4. The van der Waals surface area contributed by atoms with Crippen molar-refractivity contribution in [3.63, 3.8) is 0 Å². The Bertz CT molecular complexity index is 770. The first-order valence-electron chi connectivity index (χ1n) is 6.42. The predicted molar refractivity (Wildman–Crippen MR) is 68.7 cm³/mol. The van der Waals surface area contributed by atoms with Gasteiger partial charge in [-0.15, -0.1) is 0 Å². The van der Waals surface area contributed by atoms with E-state index in [-0.39, 0.29) is 5.88 Å². The molecule has 7 nitrogen and oxygen atoms in total. The fourth-order valence-corrected chi connectivity index (χ4v) is 1.57. The van der Waals surface area contributed by atoms with Gasteiger partial charge < -0.3 is 10.1 Å². The maximum atomic E-state index is 12.6. The number of ether oxygens (including phenoxy) is 1. The van der Waals surface area contributed by atoms with E-state index in [1.807, 2.05) is 0 Å². The van der Waals surface area contributed by atoms with Crippen molar-refractivity contribution in [2.75, 3.05) is 6.54 Å². The number of carbonyl (C=O) groups is 1. The number of amides is 1. The summed E-state index contributed by atoms with van der Waals surface area (Å²) in [5.74, 6) is -1.91. The minimum absolute atomic E-state index is 0.352. The van der Waals surface area contributed by atoms with Crippen molar-refractivity contribution in [3.8, 4) is 11.8 Å². The van der Waals surface area contributed by atoms with Crippen LogP contribution in [-0.4, -0.2) is 38.4 Å². The van der Waals surface area contributed by atoms with Crippen molar-refractivity contribution >= 4 is 5.91 Å². The van der Waals surface area contributed by atoms with E-state index in [4.69, 9.17) is 4.74 Å². The van der Waals surface area contributed by atoms with Gasteiger partial charge in [-0.05, 0) is 0 Å². The van der Waals surface area contributed by atoms with Crippen LogP contribution in [0.15, 0.2) is 18.5 Å². The quantitative estimate of drug-likeness (QED) is 0.837. The fourth-order valence-electron chi connectivity index (χ4n) is 1.57. The Morgan fingerprint density at radius 3 is 2.48 bits per heavy atom. The zero-order valence-corrected chi connectivity index (χ0v) is 12.3. The zero-order chi connectivity index (χ0) is 18.8. The molecule has 2 rings (SSSR count). The van der Waals surface area contributed by atoms with E-state index < -0.39 is 42.1 Å². The van der Waals surface area contributed by atoms with Gasteiger partial charge in [-0.1, -0.05) is 0 Å². The Hall–Kier alpha value is -2.86. The lowest BCUT2D eigenvalue weighted by atomic mass is 10.4. The molecule has 2 aromatic rings. The molecule has 0 fully saturated rings. The summed E-state index contributed by atoms with van der Waals surface area (Å²) in [6.07, 6.45) is -7.45. The van der Waals surface area contributed by atoms with Gasteiger partial charge in [-0.2, -0.15) is 31.4 Å². The van der Waals surface area contributed by atoms with Crippen molar-refractivity contribution < 1.29 is 35.9 Å². The summed E-state index contributed by atoms with van der Waals surface area (Å²) < 4.78 is 79.7. The van der Waals surface area contributed by atoms with Gasteiger partial charge in [0.1, 0.15) is 12.2 Å². The Balaban J connectivity index is 2.14. The van der Waals surface area contributed by atoms with Crippen LogP contribution in [0, 0.1) is 0 Å². The first-order valence-corrected chi connectivity index (χ1v) is 6.42. The highest BCUT2D eigenvalue weighted by Gasteiger charge is 2.35. The average Bonchev–Trinajstić information content (AvgIpc) is 2.85. The van der Waals surface area contributed by atoms with Crippen LogP contribution in [0.5, 0.6) is 11.8 Å². The van der Waals surface area contributed by atoms with Gasteiger partial charge in [0.2, 0.25) is 11.8 Å². The second kappa shape index (κ2) is 6.57. The number of halogens is 6. The van der Waals surface area contributed by atoms with Crippen molar-refractivity contribution in [1.29, 1.82) is 0 Å². The average molecular weight is 369 g/mol. The van der Waals surface area contributed by atoms with E-state index in [0.717, 1.165) is 17.1 Å². The number of aromatic nitrogens is 4. The van der Waals surface area contributed by atoms with Gasteiger partial charge in [0.05, 0.1) is 12.4 Å². The third-order valence-corrected chi connectivity index (χ3v) is 2.63. The molecular weight excluding hydrogens is 360 g/mol. The number of carbonyl (C=O) groups excluding carboxylic acids is 1. The van der Waals surface area contributed by atoms with Crippen LogP contribution in [-0.2, 0) is 13.2 Å². The second-order valence-electron chi connectivity index (χ2n) is 4.63. The minimum atomic E-state index is -4.69. The molecule has 0 aliphatic carbocycles. The molecule has 0 atom stereocenters. The number of hydrogen-bond donors (Lipinski definition) is 1. The SMILES string of the molecule is Cn1nc(C(F)(F)F)cc1Oc1cncc(C(=O)NCC(F)(F)F)n1. The van der Waals surface area contributed by atoms with Crippen molar-refractivity contribution in [2.24, 2.45) is 7.05 Å². The summed E-state index contributed by atoms with van der Waals surface area (Å²) in [5, 5.41) is 4.78. The summed E-state index contributed by atoms with van der Waals surface area (Å²) in [6.45, 7) is -1.57. The molecule has 2 aromatic heterocycles. The molecule has 25 heavy (non-hydrogen) atoms. The number of alkyl halides is 6. The van der Waals surface area contributed by atoms with E-state index in [0.29, 0.717) is 6.07 Å². The molecule has 0 aliphatic heterocycles. The number of hydrogen-bond acceptors (Lipinski definition) is 5. The lowest BCUT2D eigenvalue weighted by molar-refractivity contribution is -0.141. The summed E-state index contributed by atoms with van der Waals surface area (Å²) in [4.78, 5) is 18.7. The Morgan fingerprint density at radius 1 is 1.24 bits per heavy atom. The van der Waals surface area contributed by atoms with E-state index >= 15 is 0 Å². The molecule has 2 heterocycles. The molecule has 0 spiro atoms. The molecule has 0 bridgehead atoms. The first-order chi connectivity index (χ1) is 11.5. The number of rotatable bonds is 4. The molecule has 136 valence electrons. The summed E-state index contributed by atoms with van der Waals surface area (Å²) in [5.41, 5.74) is -1.71. The van der Waals surface area contributed by atoms with Crippen LogP contribution in [0.2, 0.25) is 0 Å². The smallest absolute Gasteiger partial charge is 0.419 e. The van der Waals surface area contributed by atoms with Gasteiger partial charge in [0.15, 0.2) is 5.69 Å². The standard InChI is InChI=1S/C12H9F6N5O2/c1-23-9(2-7(22-23)12(16,17)18)25-8-4-19-3-6(21-8)10(24)20-5-11(13,14)15/h2-4H,5H2,1H3,(H,20,24). The van der Waals surface area contributed by atoms with Crippen LogP contribution >= 0.6 is 0 Å². The number of nitrogens with one attached hydrogen (secondary N) is 1. The zero-order valence-electron chi connectivity index (χ0n) is 12.3. The maximum absolute atomic E-state index is 12.6. The highest BCUT2D eigenvalue weighted by molar-refractivity contribution is 5.92. The molecular formula is C12H9F6N5O2. The van der Waals surface area contributed by atoms with Gasteiger partial charge in [0, 0.05) is 13.1 Å². The van der Waals surface area contributed by atoms with E-state index in [1.54, 1.807) is 5.32 Å². The topological polar surface area (TPSA) is 81.9 Å². The molecule has 0 saturated heterocycles. The van der Waals surface area contributed by atoms with Crippen molar-refractivity contribution in [1.82, 2.24) is 25.1 Å². The van der Waals surface area contributed by atoms with Crippen LogP contribution in [0.3, 0.4) is 0 Å². The van der Waals surface area contributed by atoms with Crippen LogP contribution in [0.4, 0.5) is 26.3 Å². The Morgan fingerprint density at radius 2 is 1.92 bits per heavy atom. The molecule has 13 heteroatoms. The largest absolute Gasteiger partial charge is 0.435 e. The normalized spacial score (nSPS) is 12.1. The van der Waals surface area contributed by atoms with Crippen molar-refractivity contribution in [3.05, 3.63) is 29.8 Å². The minimum Gasteiger partial charge on any atom is -0.419 e. The third-order valence-electron chi connectivity index (χ3n) is 2.63. The predicted octanol–water partition coefficient (Wildman–Crippen LogP) is 2.31. The highest BCUT2D eigenvalue weighted by Crippen LogP contribution is 2.31. The summed E-state index contributed by atoms with van der Waals surface area (Å²) >= 11 is 0. The third kappa shape index (κ3) is 5.06. The monoisotopic (exact) mass is 369 g/mol. The Kier molecular flexibility index (Phi) is 4.85. The summed E-state index contributed by atoms with van der Waals surface area (Å²) in [7, 11) is 1.18. The summed E-state index contributed by atoms with van der Waals surface area (Å²) in [6, 6.07) is 0.595. The molecule has 0 unspecified atom stereocenters. The van der Waals surface area contributed by atoms with Gasteiger partial charge in [-0.3, -0.25) is 9.78 Å². The lowest BCUT2D eigenvalue weighted by Gasteiger charge is -2.08. The second-order valence-corrected chi connectivity index (χ2v) is 4.63. The van der Waals surface area contributed by atoms with E-state index in [1.165, 1.54) is 7.05 Å². The van der Waals surface area contributed by atoms with Crippen LogP contribution in [0.1, 0.15) is 16.2 Å². The van der Waals surface area contributed by atoms with Gasteiger partial charge >= 0.3 is 12.4 Å². The molecule has 1 amide bonds. The molecule has 1 N–H and O–H groups in total. The molecule has 0 aromatic carbocycles. The lowest BCUT2D eigenvalue weighted by Crippen LogP contribution is -2.34. The van der Waals surface area contributed by atoms with E-state index in [9.17, 15) is 31.1 Å². The van der Waals surface area contributed by atoms with Crippen LogP contribution < -0.4 is 10.1 Å². The van der Waals surface area contributed by atoms with Crippen molar-refractivity contribution in [2.45, 2.75) is 12.4 Å². The number of nitrogens with zero attached hydrogens (tertiary/aromatic N) is 4. The van der Waals surface area contributed by atoms with Gasteiger partial charge in [0.25, 0.3) is 5.91 Å². The maximum Gasteiger partial charge on any atom is 0.435 e. The first kappa shape index (κ1) is 18.5. The molecule has 0 saturated carbocycles. The Labute approximate surface area is 135 Å². The van der Waals surface area contributed by atoms with Crippen LogP contribution in [0.25, 0.3) is 0 Å². The molecule has 0 radical (unpaired) electrons. The number of aryl methyl sites for hydroxylation is 1. The fraction of sp³-hybridized carbons (Fsp3) is 0.333.